The normalized spacial score (nSPS) is 20.7. The minimum absolute atomic E-state index is 0.365. The Hall–Kier alpha value is -2.17. The van der Waals surface area contributed by atoms with Crippen LogP contribution in [0.2, 0.25) is 0 Å². The summed E-state index contributed by atoms with van der Waals surface area (Å²) in [4.78, 5) is 13.8. The van der Waals surface area contributed by atoms with Crippen LogP contribution in [0.25, 0.3) is 0 Å². The first-order chi connectivity index (χ1) is 12.1. The Labute approximate surface area is 150 Å². The molecule has 2 atom stereocenters. The molecule has 0 saturated carbocycles. The molecule has 0 bridgehead atoms. The molecule has 0 aliphatic carbocycles. The second kappa shape index (κ2) is 8.28. The number of primary amides is 1. The van der Waals surface area contributed by atoms with E-state index in [4.69, 9.17) is 5.73 Å². The maximum atomic E-state index is 11.3. The van der Waals surface area contributed by atoms with E-state index in [1.54, 1.807) is 6.07 Å². The Morgan fingerprint density at radius 3 is 2.64 bits per heavy atom. The van der Waals surface area contributed by atoms with Crippen LogP contribution in [0.5, 0.6) is 0 Å². The van der Waals surface area contributed by atoms with Crippen LogP contribution >= 0.6 is 0 Å². The van der Waals surface area contributed by atoms with E-state index in [-0.39, 0.29) is 5.91 Å². The molecule has 3 N–H and O–H groups in total. The van der Waals surface area contributed by atoms with Crippen molar-refractivity contribution in [3.05, 3.63) is 71.3 Å². The molecule has 132 valence electrons. The van der Waals surface area contributed by atoms with Gasteiger partial charge in [0, 0.05) is 31.2 Å². The summed E-state index contributed by atoms with van der Waals surface area (Å²) in [5.74, 6) is 0.274. The lowest BCUT2D eigenvalue weighted by molar-refractivity contribution is 0.1000. The molecule has 1 aliphatic heterocycles. The standard InChI is InChI=1S/C21H27N3O/c1-16-13-24(14-18-6-3-2-4-7-18)15-20(16)23-11-10-17-8-5-9-19(12-17)21(22)25/h2-9,12,16,20,23H,10-11,13-15H2,1H3,(H2,22,25)/t16-,20+/m1/s1. The number of nitrogens with one attached hydrogen (secondary N) is 1. The van der Waals surface area contributed by atoms with Gasteiger partial charge in [-0.2, -0.15) is 0 Å². The Morgan fingerprint density at radius 2 is 1.88 bits per heavy atom. The van der Waals surface area contributed by atoms with Crippen LogP contribution in [0, 0.1) is 5.92 Å². The molecular formula is C21H27N3O. The molecule has 0 aromatic heterocycles. The summed E-state index contributed by atoms with van der Waals surface area (Å²) in [6.07, 6.45) is 0.906. The van der Waals surface area contributed by atoms with Gasteiger partial charge in [-0.15, -0.1) is 0 Å². The van der Waals surface area contributed by atoms with Crippen LogP contribution in [-0.2, 0) is 13.0 Å². The molecule has 3 rings (SSSR count). The molecule has 2 aromatic carbocycles. The smallest absolute Gasteiger partial charge is 0.248 e. The fourth-order valence-corrected chi connectivity index (χ4v) is 3.59. The average molecular weight is 337 g/mol. The number of likely N-dealkylation sites (tertiary alicyclic amines) is 1. The number of carbonyl (C=O) groups excluding carboxylic acids is 1. The van der Waals surface area contributed by atoms with Gasteiger partial charge < -0.3 is 11.1 Å². The predicted molar refractivity (Wildman–Crippen MR) is 101 cm³/mol. The highest BCUT2D eigenvalue weighted by atomic mass is 16.1. The maximum Gasteiger partial charge on any atom is 0.248 e. The molecule has 0 unspecified atom stereocenters. The fourth-order valence-electron chi connectivity index (χ4n) is 3.59. The van der Waals surface area contributed by atoms with Crippen molar-refractivity contribution in [1.82, 2.24) is 10.2 Å². The lowest BCUT2D eigenvalue weighted by Gasteiger charge is -2.17. The summed E-state index contributed by atoms with van der Waals surface area (Å²) in [5, 5.41) is 3.69. The molecule has 4 heteroatoms. The first-order valence-corrected chi connectivity index (χ1v) is 9.00. The van der Waals surface area contributed by atoms with Crippen molar-refractivity contribution in [3.63, 3.8) is 0 Å². The van der Waals surface area contributed by atoms with Crippen molar-refractivity contribution in [2.45, 2.75) is 25.9 Å². The van der Waals surface area contributed by atoms with Gasteiger partial charge in [0.1, 0.15) is 0 Å². The fraction of sp³-hybridized carbons (Fsp3) is 0.381. The Kier molecular flexibility index (Phi) is 5.84. The van der Waals surface area contributed by atoms with Gasteiger partial charge in [0.25, 0.3) is 0 Å². The third-order valence-corrected chi connectivity index (χ3v) is 4.97. The van der Waals surface area contributed by atoms with Crippen molar-refractivity contribution in [3.8, 4) is 0 Å². The van der Waals surface area contributed by atoms with Gasteiger partial charge in [-0.1, -0.05) is 49.4 Å². The number of hydrogen-bond donors (Lipinski definition) is 2. The number of carbonyl (C=O) groups is 1. The van der Waals surface area contributed by atoms with Crippen molar-refractivity contribution in [2.24, 2.45) is 11.7 Å². The van der Waals surface area contributed by atoms with Gasteiger partial charge in [0.05, 0.1) is 0 Å². The number of amides is 1. The zero-order chi connectivity index (χ0) is 17.6. The van der Waals surface area contributed by atoms with Crippen molar-refractivity contribution >= 4 is 5.91 Å². The zero-order valence-corrected chi connectivity index (χ0v) is 14.8. The second-order valence-electron chi connectivity index (χ2n) is 7.03. The Balaban J connectivity index is 1.47. The van der Waals surface area contributed by atoms with Gasteiger partial charge >= 0.3 is 0 Å². The van der Waals surface area contributed by atoms with Crippen LogP contribution in [0.4, 0.5) is 0 Å². The second-order valence-corrected chi connectivity index (χ2v) is 7.03. The van der Waals surface area contributed by atoms with Crippen LogP contribution in [0.3, 0.4) is 0 Å². The van der Waals surface area contributed by atoms with E-state index >= 15 is 0 Å². The summed E-state index contributed by atoms with van der Waals surface area (Å²) >= 11 is 0. The first-order valence-electron chi connectivity index (χ1n) is 9.00. The molecule has 25 heavy (non-hydrogen) atoms. The van der Waals surface area contributed by atoms with E-state index in [9.17, 15) is 4.79 Å². The highest BCUT2D eigenvalue weighted by Gasteiger charge is 2.28. The number of hydrogen-bond acceptors (Lipinski definition) is 3. The van der Waals surface area contributed by atoms with Gasteiger partial charge in [-0.25, -0.2) is 0 Å². The summed E-state index contributed by atoms with van der Waals surface area (Å²) in [5.41, 5.74) is 8.45. The summed E-state index contributed by atoms with van der Waals surface area (Å²) in [6.45, 7) is 6.46. The summed E-state index contributed by atoms with van der Waals surface area (Å²) in [6, 6.07) is 18.8. The molecule has 1 fully saturated rings. The Bertz CT molecular complexity index is 701. The monoisotopic (exact) mass is 337 g/mol. The largest absolute Gasteiger partial charge is 0.366 e. The zero-order valence-electron chi connectivity index (χ0n) is 14.8. The van der Waals surface area contributed by atoms with Crippen LogP contribution in [-0.4, -0.2) is 36.5 Å². The molecule has 2 aromatic rings. The molecule has 1 amide bonds. The first kappa shape index (κ1) is 17.6. The number of nitrogens with two attached hydrogens (primary N) is 1. The van der Waals surface area contributed by atoms with E-state index in [0.29, 0.717) is 17.5 Å². The number of benzene rings is 2. The lowest BCUT2D eigenvalue weighted by Crippen LogP contribution is -2.36. The summed E-state index contributed by atoms with van der Waals surface area (Å²) in [7, 11) is 0. The minimum atomic E-state index is -0.365. The molecule has 0 spiro atoms. The van der Waals surface area contributed by atoms with Crippen molar-refractivity contribution < 1.29 is 4.79 Å². The van der Waals surface area contributed by atoms with E-state index < -0.39 is 0 Å². The highest BCUT2D eigenvalue weighted by Crippen LogP contribution is 2.19. The molecule has 1 saturated heterocycles. The number of nitrogens with zero attached hydrogens (tertiary/aromatic N) is 1. The van der Waals surface area contributed by atoms with Gasteiger partial charge in [0.2, 0.25) is 5.91 Å². The van der Waals surface area contributed by atoms with Crippen molar-refractivity contribution in [2.75, 3.05) is 19.6 Å². The van der Waals surface area contributed by atoms with Crippen LogP contribution in [0.15, 0.2) is 54.6 Å². The van der Waals surface area contributed by atoms with Crippen LogP contribution < -0.4 is 11.1 Å². The van der Waals surface area contributed by atoms with Crippen molar-refractivity contribution in [1.29, 1.82) is 0 Å². The SMILES string of the molecule is C[C@@H]1CN(Cc2ccccc2)C[C@@H]1NCCc1cccc(C(N)=O)c1. The quantitative estimate of drug-likeness (QED) is 0.816. The molecule has 1 aliphatic rings. The molecule has 0 radical (unpaired) electrons. The van der Waals surface area contributed by atoms with Gasteiger partial charge in [-0.3, -0.25) is 9.69 Å². The molecular weight excluding hydrogens is 310 g/mol. The highest BCUT2D eigenvalue weighted by molar-refractivity contribution is 5.92. The van der Waals surface area contributed by atoms with E-state index in [2.05, 4.69) is 47.5 Å². The van der Waals surface area contributed by atoms with Gasteiger partial charge in [-0.05, 0) is 42.1 Å². The van der Waals surface area contributed by atoms with Gasteiger partial charge in [0.15, 0.2) is 0 Å². The molecule has 4 nitrogen and oxygen atoms in total. The maximum absolute atomic E-state index is 11.3. The van der Waals surface area contributed by atoms with Crippen LogP contribution in [0.1, 0.15) is 28.4 Å². The van der Waals surface area contributed by atoms with E-state index in [0.717, 1.165) is 38.2 Å². The Morgan fingerprint density at radius 1 is 1.12 bits per heavy atom. The average Bonchev–Trinajstić information content (AvgIpc) is 2.95. The summed E-state index contributed by atoms with van der Waals surface area (Å²) < 4.78 is 0. The number of rotatable bonds is 7. The lowest BCUT2D eigenvalue weighted by atomic mass is 10.1. The third-order valence-electron chi connectivity index (χ3n) is 4.97. The van der Waals surface area contributed by atoms with E-state index in [1.807, 2.05) is 18.2 Å². The third kappa shape index (κ3) is 4.91. The minimum Gasteiger partial charge on any atom is -0.366 e. The van der Waals surface area contributed by atoms with E-state index in [1.165, 1.54) is 5.56 Å². The molecule has 1 heterocycles. The predicted octanol–water partition coefficient (Wildman–Crippen LogP) is 2.44. The topological polar surface area (TPSA) is 58.4 Å².